The molecule has 0 saturated carbocycles. The molecule has 0 spiro atoms. The molecule has 1 aromatic rings. The molecule has 0 radical (unpaired) electrons. The van der Waals surface area contributed by atoms with Crippen LogP contribution >= 0.6 is 0 Å². The number of ether oxygens (including phenoxy) is 2. The maximum Gasteiger partial charge on any atom is 0.270 e. The summed E-state index contributed by atoms with van der Waals surface area (Å²) in [5.74, 6) is 0.329. The van der Waals surface area contributed by atoms with Crippen LogP contribution in [-0.4, -0.2) is 31.0 Å². The van der Waals surface area contributed by atoms with Crippen molar-refractivity contribution in [2.24, 2.45) is 0 Å². The fourth-order valence-corrected chi connectivity index (χ4v) is 1.33. The maximum absolute atomic E-state index is 10.8. The highest BCUT2D eigenvalue weighted by molar-refractivity contribution is 5.80. The summed E-state index contributed by atoms with van der Waals surface area (Å²) in [6, 6.07) is 3.91. The molecule has 0 fully saturated rings. The molecule has 1 aromatic carbocycles. The number of carbonyl (C=O) groups excluding carboxylic acids is 1. The minimum Gasteiger partial charge on any atom is -0.490 e. The van der Waals surface area contributed by atoms with E-state index in [0.717, 1.165) is 6.42 Å². The normalized spacial score (nSPS) is 10.1. The van der Waals surface area contributed by atoms with Crippen molar-refractivity contribution < 1.29 is 19.2 Å². The molecule has 6 heteroatoms. The Labute approximate surface area is 105 Å². The third kappa shape index (κ3) is 4.14. The monoisotopic (exact) mass is 253 g/mol. The number of nitro benzene ring substituents is 1. The fourth-order valence-electron chi connectivity index (χ4n) is 1.33. The molecule has 0 aliphatic carbocycles. The topological polar surface area (TPSA) is 78.7 Å². The van der Waals surface area contributed by atoms with Gasteiger partial charge >= 0.3 is 0 Å². The van der Waals surface area contributed by atoms with E-state index in [4.69, 9.17) is 9.47 Å². The van der Waals surface area contributed by atoms with E-state index in [1.54, 1.807) is 0 Å². The Bertz CT molecular complexity index is 419. The Morgan fingerprint density at radius 3 is 2.72 bits per heavy atom. The van der Waals surface area contributed by atoms with E-state index in [2.05, 4.69) is 0 Å². The summed E-state index contributed by atoms with van der Waals surface area (Å²) in [5.41, 5.74) is 0.0337. The Morgan fingerprint density at radius 1 is 1.33 bits per heavy atom. The summed E-state index contributed by atoms with van der Waals surface area (Å²) in [6.07, 6.45) is 1.46. The zero-order valence-electron chi connectivity index (χ0n) is 10.1. The number of benzene rings is 1. The van der Waals surface area contributed by atoms with E-state index in [1.807, 2.05) is 6.92 Å². The van der Waals surface area contributed by atoms with E-state index in [-0.39, 0.29) is 11.3 Å². The maximum atomic E-state index is 10.8. The summed E-state index contributed by atoms with van der Waals surface area (Å²) in [6.45, 7) is 3.38. The quantitative estimate of drug-likeness (QED) is 0.307. The number of nitro groups is 1. The lowest BCUT2D eigenvalue weighted by molar-refractivity contribution is -0.384. The van der Waals surface area contributed by atoms with Gasteiger partial charge in [-0.3, -0.25) is 14.9 Å². The van der Waals surface area contributed by atoms with Gasteiger partial charge in [-0.15, -0.1) is 0 Å². The molecule has 0 unspecified atom stereocenters. The van der Waals surface area contributed by atoms with Crippen molar-refractivity contribution in [3.8, 4) is 5.75 Å². The third-order valence-corrected chi connectivity index (χ3v) is 2.16. The average molecular weight is 253 g/mol. The van der Waals surface area contributed by atoms with Gasteiger partial charge in [0.25, 0.3) is 5.69 Å². The van der Waals surface area contributed by atoms with Gasteiger partial charge in [-0.1, -0.05) is 6.92 Å². The number of non-ortho nitro benzene ring substituents is 1. The van der Waals surface area contributed by atoms with E-state index >= 15 is 0 Å². The second-order valence-corrected chi connectivity index (χ2v) is 3.56. The molecule has 1 rings (SSSR count). The summed E-state index contributed by atoms with van der Waals surface area (Å²) in [4.78, 5) is 20.8. The van der Waals surface area contributed by atoms with Gasteiger partial charge in [0.05, 0.1) is 17.1 Å². The first-order chi connectivity index (χ1) is 8.69. The standard InChI is InChI=1S/C12H15NO5/c1-2-5-17-6-7-18-12-4-3-11(13(15)16)8-10(12)9-14/h3-4,8-9H,2,5-7H2,1H3. The van der Waals surface area contributed by atoms with Gasteiger partial charge in [-0.25, -0.2) is 0 Å². The molecular formula is C12H15NO5. The highest BCUT2D eigenvalue weighted by atomic mass is 16.6. The van der Waals surface area contributed by atoms with E-state index in [9.17, 15) is 14.9 Å². The van der Waals surface area contributed by atoms with E-state index in [1.165, 1.54) is 18.2 Å². The molecule has 0 N–H and O–H groups in total. The molecule has 0 aromatic heterocycles. The molecular weight excluding hydrogens is 238 g/mol. The second-order valence-electron chi connectivity index (χ2n) is 3.56. The largest absolute Gasteiger partial charge is 0.490 e. The minimum absolute atomic E-state index is 0.133. The van der Waals surface area contributed by atoms with Crippen LogP contribution in [0.3, 0.4) is 0 Å². The van der Waals surface area contributed by atoms with Gasteiger partial charge in [-0.2, -0.15) is 0 Å². The van der Waals surface area contributed by atoms with Crippen molar-refractivity contribution >= 4 is 12.0 Å². The van der Waals surface area contributed by atoms with Crippen molar-refractivity contribution in [2.45, 2.75) is 13.3 Å². The predicted octanol–water partition coefficient (Wildman–Crippen LogP) is 2.21. The molecule has 18 heavy (non-hydrogen) atoms. The number of aldehydes is 1. The van der Waals surface area contributed by atoms with Crippen LogP contribution in [0.15, 0.2) is 18.2 Å². The molecule has 0 atom stereocenters. The highest BCUT2D eigenvalue weighted by Crippen LogP contribution is 2.22. The molecule has 0 saturated heterocycles. The summed E-state index contributed by atoms with van der Waals surface area (Å²) < 4.78 is 10.5. The zero-order chi connectivity index (χ0) is 13.4. The Morgan fingerprint density at radius 2 is 2.11 bits per heavy atom. The van der Waals surface area contributed by atoms with Crippen LogP contribution in [-0.2, 0) is 4.74 Å². The van der Waals surface area contributed by atoms with Crippen molar-refractivity contribution in [1.82, 2.24) is 0 Å². The molecule has 0 heterocycles. The van der Waals surface area contributed by atoms with Gasteiger partial charge in [-0.05, 0) is 12.5 Å². The molecule has 0 amide bonds. The number of hydrogen-bond donors (Lipinski definition) is 0. The number of nitrogens with zero attached hydrogens (tertiary/aromatic N) is 1. The number of hydrogen-bond acceptors (Lipinski definition) is 5. The fraction of sp³-hybridized carbons (Fsp3) is 0.417. The van der Waals surface area contributed by atoms with Crippen molar-refractivity contribution in [1.29, 1.82) is 0 Å². The average Bonchev–Trinajstić information content (AvgIpc) is 2.38. The molecule has 0 bridgehead atoms. The second kappa shape index (κ2) is 7.39. The third-order valence-electron chi connectivity index (χ3n) is 2.16. The summed E-state index contributed by atoms with van der Waals surface area (Å²) in [7, 11) is 0. The lowest BCUT2D eigenvalue weighted by atomic mass is 10.2. The van der Waals surface area contributed by atoms with Gasteiger partial charge < -0.3 is 9.47 Å². The van der Waals surface area contributed by atoms with Crippen LogP contribution in [0.2, 0.25) is 0 Å². The molecule has 0 aliphatic heterocycles. The first-order valence-corrected chi connectivity index (χ1v) is 5.63. The van der Waals surface area contributed by atoms with Gasteiger partial charge in [0, 0.05) is 18.7 Å². The van der Waals surface area contributed by atoms with Crippen LogP contribution in [0.4, 0.5) is 5.69 Å². The van der Waals surface area contributed by atoms with Gasteiger partial charge in [0.2, 0.25) is 0 Å². The van der Waals surface area contributed by atoms with Crippen LogP contribution < -0.4 is 4.74 Å². The van der Waals surface area contributed by atoms with Gasteiger partial charge in [0.15, 0.2) is 6.29 Å². The summed E-state index contributed by atoms with van der Waals surface area (Å²) >= 11 is 0. The van der Waals surface area contributed by atoms with Crippen LogP contribution in [0.1, 0.15) is 23.7 Å². The molecule has 98 valence electrons. The van der Waals surface area contributed by atoms with Crippen LogP contribution in [0.5, 0.6) is 5.75 Å². The first kappa shape index (κ1) is 14.1. The Kier molecular flexibility index (Phi) is 5.79. The Hall–Kier alpha value is -1.95. The number of rotatable bonds is 8. The van der Waals surface area contributed by atoms with Crippen LogP contribution in [0, 0.1) is 10.1 Å². The van der Waals surface area contributed by atoms with Crippen molar-refractivity contribution in [3.63, 3.8) is 0 Å². The van der Waals surface area contributed by atoms with Crippen molar-refractivity contribution in [3.05, 3.63) is 33.9 Å². The lowest BCUT2D eigenvalue weighted by Gasteiger charge is -2.08. The zero-order valence-corrected chi connectivity index (χ0v) is 10.1. The van der Waals surface area contributed by atoms with E-state index < -0.39 is 4.92 Å². The van der Waals surface area contributed by atoms with E-state index in [0.29, 0.717) is 31.9 Å². The Balaban J connectivity index is 2.60. The first-order valence-electron chi connectivity index (χ1n) is 5.63. The highest BCUT2D eigenvalue weighted by Gasteiger charge is 2.11. The summed E-state index contributed by atoms with van der Waals surface area (Å²) in [5, 5.41) is 10.5. The minimum atomic E-state index is -0.554. The molecule has 6 nitrogen and oxygen atoms in total. The van der Waals surface area contributed by atoms with Crippen molar-refractivity contribution in [2.75, 3.05) is 19.8 Å². The number of carbonyl (C=O) groups is 1. The SMILES string of the molecule is CCCOCCOc1ccc([N+](=O)[O-])cc1C=O. The lowest BCUT2D eigenvalue weighted by Crippen LogP contribution is -2.08. The van der Waals surface area contributed by atoms with Crippen LogP contribution in [0.25, 0.3) is 0 Å². The molecule has 0 aliphatic rings. The smallest absolute Gasteiger partial charge is 0.270 e. The van der Waals surface area contributed by atoms with Gasteiger partial charge in [0.1, 0.15) is 12.4 Å². The predicted molar refractivity (Wildman–Crippen MR) is 65.1 cm³/mol.